The SMILES string of the molecule is Cc1nc2ccc(NC(=O)CC3CCCC3)cn2c1Br. The van der Waals surface area contributed by atoms with Gasteiger partial charge in [-0.05, 0) is 53.7 Å². The predicted octanol–water partition coefficient (Wildman–Crippen LogP) is 3.92. The van der Waals surface area contributed by atoms with Crippen molar-refractivity contribution in [2.24, 2.45) is 5.92 Å². The van der Waals surface area contributed by atoms with Crippen LogP contribution in [-0.4, -0.2) is 15.3 Å². The van der Waals surface area contributed by atoms with E-state index in [-0.39, 0.29) is 5.91 Å². The Labute approximate surface area is 126 Å². The largest absolute Gasteiger partial charge is 0.325 e. The van der Waals surface area contributed by atoms with E-state index in [4.69, 9.17) is 0 Å². The standard InChI is InChI=1S/C15H18BrN3O/c1-10-15(16)19-9-12(6-7-13(19)17-10)18-14(20)8-11-4-2-3-5-11/h6-7,9,11H,2-5,8H2,1H3,(H,18,20). The normalized spacial score (nSPS) is 15.9. The third kappa shape index (κ3) is 2.73. The lowest BCUT2D eigenvalue weighted by molar-refractivity contribution is -0.117. The molecular formula is C15H18BrN3O. The lowest BCUT2D eigenvalue weighted by Gasteiger charge is -2.10. The molecule has 1 amide bonds. The minimum Gasteiger partial charge on any atom is -0.325 e. The van der Waals surface area contributed by atoms with Gasteiger partial charge in [-0.1, -0.05) is 12.8 Å². The topological polar surface area (TPSA) is 46.4 Å². The van der Waals surface area contributed by atoms with Crippen molar-refractivity contribution in [2.75, 3.05) is 5.32 Å². The first-order valence-electron chi connectivity index (χ1n) is 7.07. The molecular weight excluding hydrogens is 318 g/mol. The van der Waals surface area contributed by atoms with Crippen molar-refractivity contribution >= 4 is 33.2 Å². The zero-order valence-electron chi connectivity index (χ0n) is 11.5. The van der Waals surface area contributed by atoms with Crippen molar-refractivity contribution < 1.29 is 4.79 Å². The highest BCUT2D eigenvalue weighted by Gasteiger charge is 2.18. The van der Waals surface area contributed by atoms with E-state index in [0.29, 0.717) is 12.3 Å². The van der Waals surface area contributed by atoms with E-state index in [1.165, 1.54) is 25.7 Å². The van der Waals surface area contributed by atoms with Crippen LogP contribution in [0.15, 0.2) is 22.9 Å². The molecule has 0 radical (unpaired) electrons. The van der Waals surface area contributed by atoms with Crippen molar-refractivity contribution in [1.29, 1.82) is 0 Å². The highest BCUT2D eigenvalue weighted by molar-refractivity contribution is 9.10. The number of hydrogen-bond acceptors (Lipinski definition) is 2. The number of nitrogens with zero attached hydrogens (tertiary/aromatic N) is 2. The Kier molecular flexibility index (Phi) is 3.78. The number of nitrogens with one attached hydrogen (secondary N) is 1. The van der Waals surface area contributed by atoms with Crippen molar-refractivity contribution in [1.82, 2.24) is 9.38 Å². The van der Waals surface area contributed by atoms with Crippen molar-refractivity contribution in [3.8, 4) is 0 Å². The molecule has 4 nitrogen and oxygen atoms in total. The fraction of sp³-hybridized carbons (Fsp3) is 0.467. The fourth-order valence-electron chi connectivity index (χ4n) is 2.90. The molecule has 0 saturated heterocycles. The zero-order valence-corrected chi connectivity index (χ0v) is 13.1. The Balaban J connectivity index is 1.73. The van der Waals surface area contributed by atoms with Crippen LogP contribution in [0.3, 0.4) is 0 Å². The molecule has 5 heteroatoms. The van der Waals surface area contributed by atoms with Gasteiger partial charge in [0.1, 0.15) is 10.3 Å². The second-order valence-electron chi connectivity index (χ2n) is 5.54. The molecule has 1 saturated carbocycles. The van der Waals surface area contributed by atoms with Crippen molar-refractivity contribution in [2.45, 2.75) is 39.0 Å². The second-order valence-corrected chi connectivity index (χ2v) is 6.29. The van der Waals surface area contributed by atoms with Crippen LogP contribution in [0.5, 0.6) is 0 Å². The monoisotopic (exact) mass is 335 g/mol. The molecule has 1 N–H and O–H groups in total. The van der Waals surface area contributed by atoms with Gasteiger partial charge in [0.05, 0.1) is 11.4 Å². The minimum atomic E-state index is 0.115. The molecule has 2 heterocycles. The lowest BCUT2D eigenvalue weighted by Crippen LogP contribution is -2.15. The van der Waals surface area contributed by atoms with Gasteiger partial charge in [-0.25, -0.2) is 4.98 Å². The zero-order chi connectivity index (χ0) is 14.1. The number of aromatic nitrogens is 2. The number of amides is 1. The van der Waals surface area contributed by atoms with Crippen molar-refractivity contribution in [3.05, 3.63) is 28.6 Å². The van der Waals surface area contributed by atoms with E-state index in [0.717, 1.165) is 21.6 Å². The first kappa shape index (κ1) is 13.6. The number of carbonyl (C=O) groups excluding carboxylic acids is 1. The van der Waals surface area contributed by atoms with Gasteiger partial charge in [0.25, 0.3) is 0 Å². The Morgan fingerprint density at radius 2 is 2.20 bits per heavy atom. The minimum absolute atomic E-state index is 0.115. The summed E-state index contributed by atoms with van der Waals surface area (Å²) >= 11 is 3.51. The maximum atomic E-state index is 12.0. The van der Waals surface area contributed by atoms with Crippen LogP contribution in [0.25, 0.3) is 5.65 Å². The molecule has 2 aromatic rings. The smallest absolute Gasteiger partial charge is 0.224 e. The third-order valence-corrected chi connectivity index (χ3v) is 4.91. The molecule has 3 rings (SSSR count). The number of imidazole rings is 1. The first-order chi connectivity index (χ1) is 9.63. The maximum Gasteiger partial charge on any atom is 0.224 e. The van der Waals surface area contributed by atoms with Gasteiger partial charge in [-0.2, -0.15) is 0 Å². The summed E-state index contributed by atoms with van der Waals surface area (Å²) in [6.07, 6.45) is 7.47. The number of halogens is 1. The van der Waals surface area contributed by atoms with E-state index in [9.17, 15) is 4.79 Å². The third-order valence-electron chi connectivity index (χ3n) is 3.95. The van der Waals surface area contributed by atoms with Crippen LogP contribution in [0.1, 0.15) is 37.8 Å². The summed E-state index contributed by atoms with van der Waals surface area (Å²) in [6, 6.07) is 3.82. The molecule has 0 spiro atoms. The van der Waals surface area contributed by atoms with Crippen LogP contribution in [0.2, 0.25) is 0 Å². The van der Waals surface area contributed by atoms with Gasteiger partial charge >= 0.3 is 0 Å². The van der Waals surface area contributed by atoms with Gasteiger partial charge in [0.15, 0.2) is 0 Å². The van der Waals surface area contributed by atoms with Gasteiger partial charge in [0, 0.05) is 12.6 Å². The molecule has 1 aliphatic carbocycles. The number of anilines is 1. The lowest BCUT2D eigenvalue weighted by atomic mass is 10.0. The summed E-state index contributed by atoms with van der Waals surface area (Å²) in [5.74, 6) is 0.685. The summed E-state index contributed by atoms with van der Waals surface area (Å²) in [6.45, 7) is 1.95. The molecule has 1 aliphatic rings. The summed E-state index contributed by atoms with van der Waals surface area (Å²) in [7, 11) is 0. The molecule has 0 aromatic carbocycles. The number of rotatable bonds is 3. The van der Waals surface area contributed by atoms with Crippen LogP contribution >= 0.6 is 15.9 Å². The number of pyridine rings is 1. The molecule has 0 bridgehead atoms. The van der Waals surface area contributed by atoms with Crippen LogP contribution in [0, 0.1) is 12.8 Å². The van der Waals surface area contributed by atoms with Gasteiger partial charge in [-0.3, -0.25) is 9.20 Å². The van der Waals surface area contributed by atoms with Gasteiger partial charge in [0.2, 0.25) is 5.91 Å². The van der Waals surface area contributed by atoms with E-state index >= 15 is 0 Å². The Morgan fingerprint density at radius 1 is 1.45 bits per heavy atom. The quantitative estimate of drug-likeness (QED) is 0.923. The Morgan fingerprint density at radius 3 is 2.95 bits per heavy atom. The highest BCUT2D eigenvalue weighted by Crippen LogP contribution is 2.28. The number of hydrogen-bond donors (Lipinski definition) is 1. The molecule has 0 aliphatic heterocycles. The fourth-order valence-corrected chi connectivity index (χ4v) is 3.27. The first-order valence-corrected chi connectivity index (χ1v) is 7.87. The highest BCUT2D eigenvalue weighted by atomic mass is 79.9. The van der Waals surface area contributed by atoms with Gasteiger partial charge < -0.3 is 5.32 Å². The Bertz CT molecular complexity index is 644. The molecule has 106 valence electrons. The number of fused-ring (bicyclic) bond motifs is 1. The van der Waals surface area contributed by atoms with E-state index in [1.54, 1.807) is 0 Å². The molecule has 0 atom stereocenters. The maximum absolute atomic E-state index is 12.0. The van der Waals surface area contributed by atoms with Gasteiger partial charge in [-0.15, -0.1) is 0 Å². The molecule has 0 unspecified atom stereocenters. The molecule has 20 heavy (non-hydrogen) atoms. The van der Waals surface area contributed by atoms with E-state index < -0.39 is 0 Å². The van der Waals surface area contributed by atoms with Crippen LogP contribution < -0.4 is 5.32 Å². The summed E-state index contributed by atoms with van der Waals surface area (Å²) in [4.78, 5) is 16.5. The van der Waals surface area contributed by atoms with Crippen LogP contribution in [0.4, 0.5) is 5.69 Å². The van der Waals surface area contributed by atoms with E-state index in [1.807, 2.05) is 29.7 Å². The average molecular weight is 336 g/mol. The summed E-state index contributed by atoms with van der Waals surface area (Å²) in [5, 5.41) is 2.99. The van der Waals surface area contributed by atoms with E-state index in [2.05, 4.69) is 26.2 Å². The Hall–Kier alpha value is -1.36. The predicted molar refractivity (Wildman–Crippen MR) is 82.8 cm³/mol. The number of aryl methyl sites for hydroxylation is 1. The number of carbonyl (C=O) groups is 1. The molecule has 1 fully saturated rings. The van der Waals surface area contributed by atoms with Crippen LogP contribution in [-0.2, 0) is 4.79 Å². The second kappa shape index (κ2) is 5.56. The van der Waals surface area contributed by atoms with Crippen molar-refractivity contribution in [3.63, 3.8) is 0 Å². The molecule has 2 aromatic heterocycles. The summed E-state index contributed by atoms with van der Waals surface area (Å²) in [5.41, 5.74) is 2.64. The average Bonchev–Trinajstić information content (AvgIpc) is 3.00. The summed E-state index contributed by atoms with van der Waals surface area (Å²) < 4.78 is 2.87.